The molecule has 5 nitrogen and oxygen atoms in total. The van der Waals surface area contributed by atoms with E-state index in [1.165, 1.54) is 6.92 Å². The van der Waals surface area contributed by atoms with Crippen LogP contribution in [-0.4, -0.2) is 49.2 Å². The Morgan fingerprint density at radius 2 is 1.22 bits per heavy atom. The Morgan fingerprint density at radius 3 is 1.35 bits per heavy atom. The minimum Gasteiger partial charge on any atom is -0.466 e. The Morgan fingerprint density at radius 1 is 0.870 bits per heavy atom. The van der Waals surface area contributed by atoms with E-state index >= 15 is 0 Å². The number of aliphatic hydroxyl groups is 2. The number of rotatable bonds is 6. The summed E-state index contributed by atoms with van der Waals surface area (Å²) in [4.78, 5) is 10.1. The highest BCUT2D eigenvalue weighted by atomic mass is 16.5. The third-order valence-electron chi connectivity index (χ3n) is 1.31. The van der Waals surface area contributed by atoms with Gasteiger partial charge in [-0.3, -0.25) is 4.79 Å². The van der Waals surface area contributed by atoms with E-state index in [0.717, 1.165) is 26.1 Å². The van der Waals surface area contributed by atoms with Crippen LogP contribution in [0.5, 0.6) is 0 Å². The summed E-state index contributed by atoms with van der Waals surface area (Å²) in [5.41, 5.74) is 0. The topological polar surface area (TPSA) is 76.0 Å². The maximum absolute atomic E-state index is 10.1. The smallest absolute Gasteiger partial charge is 0.302 e. The lowest BCUT2D eigenvalue weighted by molar-refractivity contribution is -0.141. The molecular formula is C18H40O5. The molecule has 2 N–H and O–H groups in total. The van der Waals surface area contributed by atoms with E-state index in [0.29, 0.717) is 6.61 Å². The number of hydrogen-bond donors (Lipinski definition) is 2. The van der Waals surface area contributed by atoms with Crippen LogP contribution in [0.1, 0.15) is 40.5 Å². The Balaban J connectivity index is -0.0000000421. The second kappa shape index (κ2) is 70.5. The Labute approximate surface area is 144 Å². The zero-order chi connectivity index (χ0) is 19.9. The highest BCUT2D eigenvalue weighted by Gasteiger charge is 1.88. The second-order valence-corrected chi connectivity index (χ2v) is 2.92. The van der Waals surface area contributed by atoms with Crippen LogP contribution in [-0.2, 0) is 14.3 Å². The van der Waals surface area contributed by atoms with Gasteiger partial charge < -0.3 is 19.7 Å². The van der Waals surface area contributed by atoms with Crippen LogP contribution in [0, 0.1) is 0 Å². The summed E-state index contributed by atoms with van der Waals surface area (Å²) in [6, 6.07) is 0. The zero-order valence-corrected chi connectivity index (χ0v) is 15.8. The average Bonchev–Trinajstić information content (AvgIpc) is 2.62. The molecule has 0 radical (unpaired) electrons. The van der Waals surface area contributed by atoms with Crippen molar-refractivity contribution in [2.24, 2.45) is 0 Å². The number of hydrogen-bond acceptors (Lipinski definition) is 5. The third kappa shape index (κ3) is 164. The van der Waals surface area contributed by atoms with Crippen LogP contribution in [0.25, 0.3) is 0 Å². The van der Waals surface area contributed by atoms with Gasteiger partial charge in [-0.25, -0.2) is 0 Å². The van der Waals surface area contributed by atoms with E-state index in [1.54, 1.807) is 0 Å². The minimum atomic E-state index is -0.182. The van der Waals surface area contributed by atoms with Crippen molar-refractivity contribution in [2.45, 2.75) is 40.5 Å². The number of carbonyl (C=O) groups is 1. The van der Waals surface area contributed by atoms with Gasteiger partial charge in [0.2, 0.25) is 0 Å². The first-order chi connectivity index (χ1) is 11.1. The molecule has 23 heavy (non-hydrogen) atoms. The predicted octanol–water partition coefficient (Wildman–Crippen LogP) is 3.77. The van der Waals surface area contributed by atoms with Crippen LogP contribution in [0.2, 0.25) is 0 Å². The fourth-order valence-electron chi connectivity index (χ4n) is 0.564. The first-order valence-corrected chi connectivity index (χ1v) is 7.53. The normalized spacial score (nSPS) is 6.70. The summed E-state index contributed by atoms with van der Waals surface area (Å²) in [6.07, 6.45) is 2.05. The van der Waals surface area contributed by atoms with Gasteiger partial charge in [-0.05, 0) is 20.3 Å². The first kappa shape index (κ1) is 37.6. The number of esters is 1. The Bertz CT molecular complexity index is 155. The predicted molar refractivity (Wildman–Crippen MR) is 102 cm³/mol. The quantitative estimate of drug-likeness (QED) is 0.439. The molecule has 0 aliphatic heterocycles. The van der Waals surface area contributed by atoms with E-state index in [-0.39, 0.29) is 19.2 Å². The molecule has 0 bridgehead atoms. The Hall–Kier alpha value is -1.43. The monoisotopic (exact) mass is 336 g/mol. The van der Waals surface area contributed by atoms with Crippen molar-refractivity contribution in [3.8, 4) is 0 Å². The van der Waals surface area contributed by atoms with Gasteiger partial charge in [0, 0.05) is 20.1 Å². The van der Waals surface area contributed by atoms with Crippen molar-refractivity contribution in [3.05, 3.63) is 39.5 Å². The largest absolute Gasteiger partial charge is 0.466 e. The molecule has 0 saturated heterocycles. The summed E-state index contributed by atoms with van der Waals surface area (Å²) in [5.74, 6) is -0.182. The molecule has 0 amide bonds. The van der Waals surface area contributed by atoms with Crippen molar-refractivity contribution in [1.82, 2.24) is 0 Å². The summed E-state index contributed by atoms with van der Waals surface area (Å²) < 4.78 is 9.48. The fourth-order valence-corrected chi connectivity index (χ4v) is 0.564. The molecule has 0 fully saturated rings. The summed E-state index contributed by atoms with van der Waals surface area (Å²) in [5, 5.41) is 15.2. The van der Waals surface area contributed by atoms with Crippen molar-refractivity contribution in [1.29, 1.82) is 0 Å². The van der Waals surface area contributed by atoms with E-state index in [1.807, 2.05) is 13.8 Å². The van der Waals surface area contributed by atoms with Gasteiger partial charge in [-0.1, -0.05) is 13.3 Å². The maximum atomic E-state index is 10.1. The van der Waals surface area contributed by atoms with Crippen LogP contribution in [0.15, 0.2) is 39.5 Å². The molecule has 0 unspecified atom stereocenters. The molecule has 0 aliphatic rings. The van der Waals surface area contributed by atoms with E-state index < -0.39 is 0 Å². The summed E-state index contributed by atoms with van der Waals surface area (Å²) in [7, 11) is 0. The van der Waals surface area contributed by atoms with E-state index in [4.69, 9.17) is 14.9 Å². The molecule has 0 rings (SSSR count). The molecule has 0 atom stereocenters. The fraction of sp³-hybridized carbons (Fsp3) is 0.611. The third-order valence-corrected chi connectivity index (χ3v) is 1.31. The molecular weight excluding hydrogens is 296 g/mol. The van der Waals surface area contributed by atoms with Gasteiger partial charge in [0.15, 0.2) is 0 Å². The summed E-state index contributed by atoms with van der Waals surface area (Å²) >= 11 is 0. The lowest BCUT2D eigenvalue weighted by atomic mass is 10.4. The maximum Gasteiger partial charge on any atom is 0.302 e. The Kier molecular flexibility index (Phi) is 115. The van der Waals surface area contributed by atoms with Gasteiger partial charge in [-0.2, -0.15) is 0 Å². The molecule has 0 heterocycles. The van der Waals surface area contributed by atoms with Crippen molar-refractivity contribution < 1.29 is 24.5 Å². The van der Waals surface area contributed by atoms with Crippen molar-refractivity contribution >= 4 is 5.97 Å². The molecule has 142 valence electrons. The van der Waals surface area contributed by atoms with Crippen LogP contribution in [0.4, 0.5) is 0 Å². The minimum absolute atomic E-state index is 0.125. The molecule has 0 spiro atoms. The number of unbranched alkanes of at least 4 members (excludes halogenated alkanes) is 1. The van der Waals surface area contributed by atoms with Gasteiger partial charge in [0.05, 0.1) is 19.8 Å². The van der Waals surface area contributed by atoms with Gasteiger partial charge in [-0.15, -0.1) is 39.5 Å². The summed E-state index contributed by atoms with van der Waals surface area (Å²) in [6.45, 7) is 27.5. The molecule has 0 saturated carbocycles. The lowest BCUT2D eigenvalue weighted by Crippen LogP contribution is -1.99. The highest BCUT2D eigenvalue weighted by molar-refractivity contribution is 5.65. The van der Waals surface area contributed by atoms with Crippen LogP contribution < -0.4 is 0 Å². The molecule has 5 heteroatoms. The zero-order valence-electron chi connectivity index (χ0n) is 15.8. The molecule has 0 aromatic carbocycles. The SMILES string of the molecule is C=C.C=C.C=C.CCCCOC(C)=O.CCOCC.OCCO. The average molecular weight is 337 g/mol. The van der Waals surface area contributed by atoms with Crippen molar-refractivity contribution in [2.75, 3.05) is 33.0 Å². The lowest BCUT2D eigenvalue weighted by Gasteiger charge is -1.96. The molecule has 0 aromatic rings. The molecule has 0 aromatic heterocycles. The van der Waals surface area contributed by atoms with E-state index in [9.17, 15) is 4.79 Å². The van der Waals surface area contributed by atoms with Crippen LogP contribution in [0.3, 0.4) is 0 Å². The first-order valence-electron chi connectivity index (χ1n) is 7.53. The standard InChI is InChI=1S/C6H12O2.C4H10O.C2H6O2.3C2H4/c1-3-4-5-8-6(2)7;1-3-5-4-2;3-1-2-4;3*1-2/h3-5H2,1-2H3;3-4H2,1-2H3;3-4H,1-2H2;3*1-2H2. The van der Waals surface area contributed by atoms with Crippen molar-refractivity contribution in [3.63, 3.8) is 0 Å². The number of carbonyl (C=O) groups excluding carboxylic acids is 1. The van der Waals surface area contributed by atoms with Gasteiger partial charge in [0.25, 0.3) is 0 Å². The number of aliphatic hydroxyl groups excluding tert-OH is 2. The second-order valence-electron chi connectivity index (χ2n) is 2.92. The molecule has 0 aliphatic carbocycles. The van der Waals surface area contributed by atoms with Gasteiger partial charge in [0.1, 0.15) is 0 Å². The highest BCUT2D eigenvalue weighted by Crippen LogP contribution is 1.86. The number of ether oxygens (including phenoxy) is 2. The van der Waals surface area contributed by atoms with E-state index in [2.05, 4.69) is 51.1 Å². The van der Waals surface area contributed by atoms with Gasteiger partial charge >= 0.3 is 5.97 Å². The van der Waals surface area contributed by atoms with Crippen LogP contribution >= 0.6 is 0 Å².